The van der Waals surface area contributed by atoms with Crippen molar-refractivity contribution in [3.8, 4) is 0 Å². The molecule has 0 aliphatic carbocycles. The van der Waals surface area contributed by atoms with Gasteiger partial charge in [0.1, 0.15) is 24.7 Å². The summed E-state index contributed by atoms with van der Waals surface area (Å²) in [5.74, 6) is -0.0318. The van der Waals surface area contributed by atoms with Gasteiger partial charge in [-0.25, -0.2) is 4.79 Å². The van der Waals surface area contributed by atoms with Crippen LogP contribution in [0, 0.1) is 11.8 Å². The van der Waals surface area contributed by atoms with E-state index in [2.05, 4.69) is 16.0 Å². The number of ether oxygens (including phenoxy) is 1. The summed E-state index contributed by atoms with van der Waals surface area (Å²) >= 11 is 1.17. The van der Waals surface area contributed by atoms with E-state index < -0.39 is 30.1 Å². The fraction of sp³-hybridized carbons (Fsp3) is 0.565. The van der Waals surface area contributed by atoms with Crippen molar-refractivity contribution in [2.45, 2.75) is 65.3 Å². The SMILES string of the molecule is CC(C)C[C@H](NC(=O)OCc1ccccc1)C(=O)N[C@@H](CC(C)C)C(=O)N[C@H]1CSC1=O. The Bertz CT molecular complexity index is 800. The highest BCUT2D eigenvalue weighted by Crippen LogP contribution is 2.20. The summed E-state index contributed by atoms with van der Waals surface area (Å²) in [5.41, 5.74) is 0.838. The van der Waals surface area contributed by atoms with Crippen molar-refractivity contribution < 1.29 is 23.9 Å². The Hall–Kier alpha value is -2.55. The number of nitrogens with one attached hydrogen (secondary N) is 3. The average Bonchev–Trinajstić information content (AvgIpc) is 2.73. The van der Waals surface area contributed by atoms with E-state index >= 15 is 0 Å². The zero-order valence-corrected chi connectivity index (χ0v) is 19.9. The standard InChI is InChI=1S/C23H33N3O5S/c1-14(2)10-17(20(27)25-19-13-32-22(19)29)24-21(28)18(11-15(3)4)26-23(30)31-12-16-8-6-5-7-9-16/h5-9,14-15,17-19H,10-13H2,1-4H3,(H,24,28)(H,25,27)(H,26,30)/t17-,18-,19-/m0/s1. The second-order valence-corrected chi connectivity index (χ2v) is 9.79. The van der Waals surface area contributed by atoms with Gasteiger partial charge in [-0.3, -0.25) is 14.4 Å². The number of carbonyl (C=O) groups excluding carboxylic acids is 4. The van der Waals surface area contributed by atoms with Crippen molar-refractivity contribution in [1.29, 1.82) is 0 Å². The third-order valence-corrected chi connectivity index (χ3v) is 5.93. The number of amides is 3. The molecule has 2 rings (SSSR count). The second kappa shape index (κ2) is 12.5. The molecule has 0 bridgehead atoms. The molecular weight excluding hydrogens is 430 g/mol. The zero-order valence-electron chi connectivity index (χ0n) is 19.1. The normalized spacial score (nSPS) is 17.3. The lowest BCUT2D eigenvalue weighted by molar-refractivity contribution is -0.131. The molecule has 1 aliphatic heterocycles. The molecule has 9 heteroatoms. The molecule has 1 aliphatic rings. The van der Waals surface area contributed by atoms with Crippen LogP contribution in [0.2, 0.25) is 0 Å². The van der Waals surface area contributed by atoms with Crippen LogP contribution in [0.1, 0.15) is 46.1 Å². The van der Waals surface area contributed by atoms with Gasteiger partial charge in [0, 0.05) is 5.75 Å². The molecule has 8 nitrogen and oxygen atoms in total. The lowest BCUT2D eigenvalue weighted by Crippen LogP contribution is -2.57. The van der Waals surface area contributed by atoms with Crippen LogP contribution in [0.25, 0.3) is 0 Å². The summed E-state index contributed by atoms with van der Waals surface area (Å²) in [6.07, 6.45) is 0.106. The predicted octanol–water partition coefficient (Wildman–Crippen LogP) is 2.62. The molecule has 0 radical (unpaired) electrons. The van der Waals surface area contributed by atoms with Crippen LogP contribution in [-0.4, -0.2) is 46.9 Å². The first kappa shape index (κ1) is 25.7. The Morgan fingerprint density at radius 2 is 1.56 bits per heavy atom. The lowest BCUT2D eigenvalue weighted by atomic mass is 10.00. The maximum atomic E-state index is 13.0. The molecule has 1 fully saturated rings. The van der Waals surface area contributed by atoms with Gasteiger partial charge in [-0.15, -0.1) is 0 Å². The number of benzene rings is 1. The first-order chi connectivity index (χ1) is 15.2. The fourth-order valence-electron chi connectivity index (χ4n) is 3.19. The number of thioether (sulfide) groups is 1. The maximum Gasteiger partial charge on any atom is 0.408 e. The monoisotopic (exact) mass is 463 g/mol. The Kier molecular flexibility index (Phi) is 10.0. The van der Waals surface area contributed by atoms with E-state index in [0.29, 0.717) is 18.6 Å². The molecular formula is C23H33N3O5S. The van der Waals surface area contributed by atoms with Crippen LogP contribution in [0.4, 0.5) is 4.79 Å². The van der Waals surface area contributed by atoms with Crippen molar-refractivity contribution in [2.75, 3.05) is 5.75 Å². The number of hydrogen-bond acceptors (Lipinski definition) is 6. The summed E-state index contributed by atoms with van der Waals surface area (Å²) in [5, 5.41) is 8.01. The van der Waals surface area contributed by atoms with Crippen LogP contribution < -0.4 is 16.0 Å². The molecule has 0 saturated carbocycles. The maximum absolute atomic E-state index is 13.0. The Balaban J connectivity index is 1.98. The van der Waals surface area contributed by atoms with Gasteiger partial charge in [-0.05, 0) is 30.2 Å². The highest BCUT2D eigenvalue weighted by atomic mass is 32.2. The van der Waals surface area contributed by atoms with Gasteiger partial charge in [0.15, 0.2) is 0 Å². The van der Waals surface area contributed by atoms with Crippen LogP contribution in [-0.2, 0) is 25.7 Å². The summed E-state index contributed by atoms with van der Waals surface area (Å²) in [6, 6.07) is 7.10. The molecule has 1 aromatic carbocycles. The van der Waals surface area contributed by atoms with E-state index in [0.717, 1.165) is 5.56 Å². The highest BCUT2D eigenvalue weighted by Gasteiger charge is 2.34. The molecule has 0 aromatic heterocycles. The van der Waals surface area contributed by atoms with Crippen molar-refractivity contribution in [3.63, 3.8) is 0 Å². The quantitative estimate of drug-likeness (QED) is 0.465. The minimum atomic E-state index is -0.846. The van der Waals surface area contributed by atoms with Crippen LogP contribution in [0.3, 0.4) is 0 Å². The van der Waals surface area contributed by atoms with Gasteiger partial charge in [0.25, 0.3) is 0 Å². The third kappa shape index (κ3) is 8.53. The lowest BCUT2D eigenvalue weighted by Gasteiger charge is -2.28. The Morgan fingerprint density at radius 1 is 0.969 bits per heavy atom. The molecule has 1 aromatic rings. The second-order valence-electron chi connectivity index (χ2n) is 8.77. The molecule has 1 saturated heterocycles. The van der Waals surface area contributed by atoms with Gasteiger partial charge in [0.05, 0.1) is 0 Å². The van der Waals surface area contributed by atoms with Gasteiger partial charge in [-0.1, -0.05) is 69.8 Å². The largest absolute Gasteiger partial charge is 0.445 e. The smallest absolute Gasteiger partial charge is 0.408 e. The summed E-state index contributed by atoms with van der Waals surface area (Å²) in [7, 11) is 0. The third-order valence-electron chi connectivity index (χ3n) is 4.86. The zero-order chi connectivity index (χ0) is 23.7. The highest BCUT2D eigenvalue weighted by molar-refractivity contribution is 8.16. The van der Waals surface area contributed by atoms with E-state index in [1.165, 1.54) is 11.8 Å². The summed E-state index contributed by atoms with van der Waals surface area (Å²) in [6.45, 7) is 7.86. The Labute approximate surface area is 193 Å². The minimum Gasteiger partial charge on any atom is -0.445 e. The van der Waals surface area contributed by atoms with Crippen LogP contribution in [0.5, 0.6) is 0 Å². The molecule has 176 valence electrons. The topological polar surface area (TPSA) is 114 Å². The summed E-state index contributed by atoms with van der Waals surface area (Å²) in [4.78, 5) is 49.5. The van der Waals surface area contributed by atoms with Crippen molar-refractivity contribution in [3.05, 3.63) is 35.9 Å². The van der Waals surface area contributed by atoms with E-state index in [1.54, 1.807) is 0 Å². The predicted molar refractivity (Wildman–Crippen MR) is 124 cm³/mol. The summed E-state index contributed by atoms with van der Waals surface area (Å²) < 4.78 is 5.24. The first-order valence-electron chi connectivity index (χ1n) is 10.9. The number of hydrogen-bond donors (Lipinski definition) is 3. The van der Waals surface area contributed by atoms with Crippen LogP contribution in [0.15, 0.2) is 30.3 Å². The van der Waals surface area contributed by atoms with Crippen molar-refractivity contribution in [1.82, 2.24) is 16.0 Å². The van der Waals surface area contributed by atoms with Gasteiger partial charge < -0.3 is 20.7 Å². The van der Waals surface area contributed by atoms with Gasteiger partial charge in [-0.2, -0.15) is 0 Å². The molecule has 3 atom stereocenters. The minimum absolute atomic E-state index is 0.0755. The first-order valence-corrected chi connectivity index (χ1v) is 11.9. The van der Waals surface area contributed by atoms with Gasteiger partial charge in [0.2, 0.25) is 16.9 Å². The van der Waals surface area contributed by atoms with Crippen molar-refractivity contribution >= 4 is 34.8 Å². The molecule has 32 heavy (non-hydrogen) atoms. The van der Waals surface area contributed by atoms with Gasteiger partial charge >= 0.3 is 6.09 Å². The van der Waals surface area contributed by atoms with E-state index in [4.69, 9.17) is 4.74 Å². The molecule has 0 unspecified atom stereocenters. The van der Waals surface area contributed by atoms with E-state index in [9.17, 15) is 19.2 Å². The number of alkyl carbamates (subject to hydrolysis) is 1. The number of rotatable bonds is 11. The molecule has 1 heterocycles. The fourth-order valence-corrected chi connectivity index (χ4v) is 3.80. The molecule has 3 N–H and O–H groups in total. The molecule has 3 amide bonds. The molecule has 0 spiro atoms. The Morgan fingerprint density at radius 3 is 2.06 bits per heavy atom. The van der Waals surface area contributed by atoms with E-state index in [1.807, 2.05) is 58.0 Å². The average molecular weight is 464 g/mol. The van der Waals surface area contributed by atoms with Crippen molar-refractivity contribution in [2.24, 2.45) is 11.8 Å². The van der Waals surface area contributed by atoms with E-state index in [-0.39, 0.29) is 29.5 Å². The number of carbonyl (C=O) groups is 4. The van der Waals surface area contributed by atoms with Crippen LogP contribution >= 0.6 is 11.8 Å².